The third-order valence-corrected chi connectivity index (χ3v) is 10.5. The van der Waals surface area contributed by atoms with Crippen LogP contribution < -0.4 is 10.9 Å². The lowest BCUT2D eigenvalue weighted by Gasteiger charge is -2.29. The maximum absolute atomic E-state index is 14.1. The van der Waals surface area contributed by atoms with Crippen LogP contribution in [0.3, 0.4) is 0 Å². The molecule has 1 atom stereocenters. The highest BCUT2D eigenvalue weighted by atomic mass is 79.9. The molecule has 0 spiro atoms. The van der Waals surface area contributed by atoms with Crippen molar-refractivity contribution in [1.29, 1.82) is 0 Å². The second-order valence-electron chi connectivity index (χ2n) is 10.1. The van der Waals surface area contributed by atoms with Crippen molar-refractivity contribution in [2.45, 2.75) is 39.6 Å². The van der Waals surface area contributed by atoms with E-state index in [1.165, 1.54) is 0 Å². The molecule has 2 N–H and O–H groups in total. The van der Waals surface area contributed by atoms with Gasteiger partial charge in [-0.1, -0.05) is 39.3 Å². The van der Waals surface area contributed by atoms with Crippen LogP contribution in [-0.2, 0) is 26.7 Å². The van der Waals surface area contributed by atoms with E-state index >= 15 is 0 Å². The van der Waals surface area contributed by atoms with Crippen molar-refractivity contribution < 1.29 is 18.7 Å². The minimum Gasteiger partial charge on any atom is -0.508 e. The van der Waals surface area contributed by atoms with Crippen molar-refractivity contribution in [2.75, 3.05) is 18.5 Å². The van der Waals surface area contributed by atoms with E-state index in [1.807, 2.05) is 49.4 Å². The van der Waals surface area contributed by atoms with Gasteiger partial charge in [0.2, 0.25) is 0 Å². The van der Waals surface area contributed by atoms with Crippen LogP contribution in [0.5, 0.6) is 5.75 Å². The molecule has 5 aromatic rings. The molecule has 0 aliphatic rings. The monoisotopic (exact) mass is 743 g/mol. The van der Waals surface area contributed by atoms with Crippen LogP contribution >= 0.6 is 39.5 Å². The summed E-state index contributed by atoms with van der Waals surface area (Å²) >= 11 is 7.04. The topological polar surface area (TPSA) is 121 Å². The summed E-state index contributed by atoms with van der Waals surface area (Å²) in [6, 6.07) is 19.9. The van der Waals surface area contributed by atoms with E-state index < -0.39 is 13.4 Å². The van der Waals surface area contributed by atoms with Gasteiger partial charge >= 0.3 is 7.60 Å². The average molecular weight is 745 g/mol. The van der Waals surface area contributed by atoms with E-state index in [1.54, 1.807) is 53.6 Å². The molecule has 10 nitrogen and oxygen atoms in total. The van der Waals surface area contributed by atoms with E-state index in [0.29, 0.717) is 23.5 Å². The quantitative estimate of drug-likeness (QED) is 0.125. The first-order valence-electron chi connectivity index (χ1n) is 14.0. The number of pyridine rings is 1. The van der Waals surface area contributed by atoms with Gasteiger partial charge in [0.05, 0.1) is 38.0 Å². The Bertz CT molecular complexity index is 1900. The highest BCUT2D eigenvalue weighted by Crippen LogP contribution is 2.62. The zero-order chi connectivity index (χ0) is 31.4. The Hall–Kier alpha value is -3.28. The minimum atomic E-state index is -3.79. The molecule has 0 saturated heterocycles. The Morgan fingerprint density at radius 1 is 1.00 bits per heavy atom. The van der Waals surface area contributed by atoms with Gasteiger partial charge in [-0.25, -0.2) is 4.68 Å². The van der Waals surface area contributed by atoms with E-state index in [-0.39, 0.29) is 31.1 Å². The first kappa shape index (κ1) is 32.1. The molecule has 0 saturated carbocycles. The smallest absolute Gasteiger partial charge is 0.357 e. The Labute approximate surface area is 271 Å². The molecule has 0 aliphatic heterocycles. The van der Waals surface area contributed by atoms with Crippen molar-refractivity contribution >= 4 is 56.0 Å². The number of benzene rings is 3. The number of para-hydroxylation sites is 1. The Balaban J connectivity index is 1.45. The number of aryl methyl sites for hydroxylation is 1. The third kappa shape index (κ3) is 7.00. The van der Waals surface area contributed by atoms with Gasteiger partial charge in [0.25, 0.3) is 5.56 Å². The highest BCUT2D eigenvalue weighted by Gasteiger charge is 2.39. The van der Waals surface area contributed by atoms with Gasteiger partial charge in [-0.15, -0.1) is 5.10 Å². The fourth-order valence-corrected chi connectivity index (χ4v) is 7.74. The molecule has 44 heavy (non-hydrogen) atoms. The number of anilines is 1. The molecule has 1 unspecified atom stereocenters. The lowest BCUT2D eigenvalue weighted by Crippen LogP contribution is -2.21. The van der Waals surface area contributed by atoms with Crippen molar-refractivity contribution in [3.8, 4) is 5.75 Å². The number of hydrogen-bond acceptors (Lipinski definition) is 8. The fourth-order valence-electron chi connectivity index (χ4n) is 5.04. The Kier molecular flexibility index (Phi) is 10.1. The molecule has 0 fully saturated rings. The number of fused-ring (bicyclic) bond motifs is 1. The standard InChI is InChI=1S/C31H32Br2N5O5P/c1-4-42-44(41,43-5-2)31(34-27-9-7-6-8-26(27)33)25-15-21(10-13-29(25)39)17-37-18-23(35-36-37)19-38-28-12-11-22(32)16-24(28)20(3)14-30(38)40/h6-16,18,31,34,39H,4-5,17,19H2,1-3H3. The largest absolute Gasteiger partial charge is 0.508 e. The van der Waals surface area contributed by atoms with Gasteiger partial charge in [0.1, 0.15) is 11.4 Å². The number of nitrogens with zero attached hydrogens (tertiary/aromatic N) is 4. The number of phenolic OH excluding ortho intramolecular Hbond substituents is 1. The van der Waals surface area contributed by atoms with Gasteiger partial charge in [0.15, 0.2) is 5.78 Å². The van der Waals surface area contributed by atoms with Gasteiger partial charge in [0, 0.05) is 31.6 Å². The molecule has 0 bridgehead atoms. The maximum Gasteiger partial charge on any atom is 0.357 e. The zero-order valence-electron chi connectivity index (χ0n) is 24.4. The number of hydrogen-bond donors (Lipinski definition) is 2. The van der Waals surface area contributed by atoms with Crippen molar-refractivity contribution in [2.24, 2.45) is 0 Å². The predicted molar refractivity (Wildman–Crippen MR) is 178 cm³/mol. The number of aromatic nitrogens is 4. The summed E-state index contributed by atoms with van der Waals surface area (Å²) in [4.78, 5) is 12.9. The number of nitrogens with one attached hydrogen (secondary N) is 1. The predicted octanol–water partition coefficient (Wildman–Crippen LogP) is 7.61. The summed E-state index contributed by atoms with van der Waals surface area (Å²) in [5.74, 6) is -1.07. The second-order valence-corrected chi connectivity index (χ2v) is 14.0. The summed E-state index contributed by atoms with van der Waals surface area (Å²) in [5.41, 5.74) is 4.00. The van der Waals surface area contributed by atoms with Crippen LogP contribution in [0.4, 0.5) is 5.69 Å². The lowest BCUT2D eigenvalue weighted by atomic mass is 10.1. The van der Waals surface area contributed by atoms with Gasteiger partial charge in [-0.05, 0) is 90.3 Å². The molecule has 230 valence electrons. The molecular formula is C31H32Br2N5O5P. The first-order chi connectivity index (χ1) is 21.1. The lowest BCUT2D eigenvalue weighted by molar-refractivity contribution is 0.213. The molecule has 2 aromatic heterocycles. The van der Waals surface area contributed by atoms with Gasteiger partial charge < -0.3 is 24.0 Å². The first-order valence-corrected chi connectivity index (χ1v) is 17.2. The number of aromatic hydroxyl groups is 1. The summed E-state index contributed by atoms with van der Waals surface area (Å²) in [5, 5.41) is 23.8. The summed E-state index contributed by atoms with van der Waals surface area (Å²) in [6.07, 6.45) is 1.78. The fraction of sp³-hybridized carbons (Fsp3) is 0.258. The van der Waals surface area contributed by atoms with Crippen LogP contribution in [0.15, 0.2) is 86.7 Å². The molecular weight excluding hydrogens is 713 g/mol. The SMILES string of the molecule is CCOP(=O)(OCC)C(Nc1ccccc1Br)c1cc(Cn2cc(Cn3c(=O)cc(C)c4cc(Br)ccc43)nn2)ccc1O. The average Bonchev–Trinajstić information content (AvgIpc) is 3.43. The molecule has 2 heterocycles. The normalized spacial score (nSPS) is 12.5. The van der Waals surface area contributed by atoms with Crippen LogP contribution in [0, 0.1) is 6.92 Å². The highest BCUT2D eigenvalue weighted by molar-refractivity contribution is 9.10. The number of halogens is 2. The third-order valence-electron chi connectivity index (χ3n) is 7.02. The number of rotatable bonds is 12. The van der Waals surface area contributed by atoms with E-state index in [4.69, 9.17) is 9.05 Å². The molecule has 0 radical (unpaired) electrons. The van der Waals surface area contributed by atoms with Crippen LogP contribution in [-0.4, -0.2) is 37.9 Å². The van der Waals surface area contributed by atoms with Crippen LogP contribution in [0.2, 0.25) is 0 Å². The van der Waals surface area contributed by atoms with E-state index in [0.717, 1.165) is 31.0 Å². The Morgan fingerprint density at radius 3 is 2.48 bits per heavy atom. The van der Waals surface area contributed by atoms with Gasteiger partial charge in [-0.2, -0.15) is 0 Å². The van der Waals surface area contributed by atoms with Gasteiger partial charge in [-0.3, -0.25) is 9.36 Å². The van der Waals surface area contributed by atoms with Crippen molar-refractivity contribution in [3.05, 3.63) is 115 Å². The molecule has 3 aromatic carbocycles. The maximum atomic E-state index is 14.1. The Morgan fingerprint density at radius 2 is 1.75 bits per heavy atom. The van der Waals surface area contributed by atoms with Crippen molar-refractivity contribution in [1.82, 2.24) is 19.6 Å². The van der Waals surface area contributed by atoms with E-state index in [2.05, 4.69) is 47.5 Å². The van der Waals surface area contributed by atoms with Crippen LogP contribution in [0.25, 0.3) is 10.9 Å². The minimum absolute atomic E-state index is 0.0607. The molecule has 0 amide bonds. The van der Waals surface area contributed by atoms with Crippen LogP contribution in [0.1, 0.15) is 42.0 Å². The van der Waals surface area contributed by atoms with Crippen molar-refractivity contribution in [3.63, 3.8) is 0 Å². The zero-order valence-corrected chi connectivity index (χ0v) is 28.5. The molecule has 13 heteroatoms. The summed E-state index contributed by atoms with van der Waals surface area (Å²) < 4.78 is 30.5. The second kappa shape index (κ2) is 13.8. The molecule has 0 aliphatic carbocycles. The summed E-state index contributed by atoms with van der Waals surface area (Å²) in [7, 11) is -3.79. The summed E-state index contributed by atoms with van der Waals surface area (Å²) in [6.45, 7) is 6.28. The molecule has 5 rings (SSSR count). The number of phenols is 1. The van der Waals surface area contributed by atoms with E-state index in [9.17, 15) is 14.5 Å².